The molecule has 1 heterocycles. The van der Waals surface area contributed by atoms with Gasteiger partial charge in [-0.15, -0.1) is 0 Å². The molecule has 0 aromatic rings. The Labute approximate surface area is 144 Å². The van der Waals surface area contributed by atoms with E-state index >= 15 is 0 Å². The van der Waals surface area contributed by atoms with E-state index in [9.17, 15) is 34.8 Å². The minimum absolute atomic E-state index is 0.345. The number of carbonyl (C=O) groups is 2. The second kappa shape index (κ2) is 6.56. The van der Waals surface area contributed by atoms with Crippen molar-refractivity contribution >= 4 is 31.5 Å². The van der Waals surface area contributed by atoms with Crippen molar-refractivity contribution in [2.24, 2.45) is 5.16 Å². The van der Waals surface area contributed by atoms with Crippen LogP contribution in [-0.2, 0) is 23.9 Å². The van der Waals surface area contributed by atoms with Gasteiger partial charge in [-0.05, 0) is 0 Å². The third kappa shape index (κ3) is 11.4. The second-order valence-corrected chi connectivity index (χ2v) is 7.66. The van der Waals surface area contributed by atoms with E-state index in [-0.39, 0.29) is 0 Å². The molecule has 0 amide bonds. The summed E-state index contributed by atoms with van der Waals surface area (Å²) in [5.74, 6) is -3.04. The van der Waals surface area contributed by atoms with Crippen molar-refractivity contribution in [1.82, 2.24) is 4.90 Å². The fourth-order valence-electron chi connectivity index (χ4n) is 1.37. The Bertz CT molecular complexity index is 619. The van der Waals surface area contributed by atoms with Crippen LogP contribution < -0.4 is 0 Å². The van der Waals surface area contributed by atoms with E-state index in [2.05, 4.69) is 5.16 Å². The Balaban J connectivity index is 0.000000758. The van der Waals surface area contributed by atoms with Gasteiger partial charge in [-0.25, -0.2) is 19.1 Å². The molecular weight excluding hydrogens is 399 g/mol. The number of rotatable bonds is 1. The van der Waals surface area contributed by atoms with Gasteiger partial charge >= 0.3 is 51.0 Å². The van der Waals surface area contributed by atoms with Crippen molar-refractivity contribution in [2.75, 3.05) is 28.2 Å². The number of hydrogen-bond donors (Lipinski definition) is 0. The normalized spacial score (nSPS) is 18.8. The van der Waals surface area contributed by atoms with Crippen molar-refractivity contribution < 1.29 is 53.7 Å². The van der Waals surface area contributed by atoms with E-state index in [1.54, 1.807) is 37.7 Å². The monoisotopic (exact) mass is 417 g/mol. The predicted octanol–water partition coefficient (Wildman–Crippen LogP) is 2.77. The molecule has 0 spiro atoms. The fraction of sp³-hybridized carbons (Fsp3) is 0.636. The molecule has 1 saturated heterocycles. The number of amidine groups is 1. The van der Waals surface area contributed by atoms with Gasteiger partial charge < -0.3 is 9.47 Å². The van der Waals surface area contributed by atoms with Gasteiger partial charge in [0.15, 0.2) is 0 Å². The van der Waals surface area contributed by atoms with Crippen LogP contribution in [0.15, 0.2) is 5.16 Å². The summed E-state index contributed by atoms with van der Waals surface area (Å²) >= 11 is 0. The first-order valence-corrected chi connectivity index (χ1v) is 8.61. The van der Waals surface area contributed by atoms with Crippen molar-refractivity contribution in [3.63, 3.8) is 0 Å². The Hall–Kier alpha value is -2.11. The number of ether oxygens (including phenoxy) is 2. The molecule has 8 nitrogen and oxygen atoms in total. The van der Waals surface area contributed by atoms with Gasteiger partial charge in [-0.2, -0.15) is 0 Å². The number of cyclic esters (lactones) is 2. The summed E-state index contributed by atoms with van der Waals surface area (Å²) in [4.78, 5) is 29.9. The summed E-state index contributed by atoms with van der Waals surface area (Å²) in [7, 11) is -3.73. The Morgan fingerprint density at radius 2 is 1.38 bits per heavy atom. The van der Waals surface area contributed by atoms with E-state index in [0.717, 1.165) is 0 Å². The summed E-state index contributed by atoms with van der Waals surface area (Å²) in [5.41, 5.74) is -0.527. The van der Waals surface area contributed by atoms with Crippen LogP contribution in [-0.4, -0.2) is 67.1 Å². The number of hydrogen-bond acceptors (Lipinski definition) is 6. The van der Waals surface area contributed by atoms with E-state index in [1.165, 1.54) is 13.8 Å². The molecule has 0 bridgehead atoms. The Kier molecular flexibility index (Phi) is 6.03. The van der Waals surface area contributed by atoms with Gasteiger partial charge in [-0.3, -0.25) is 4.84 Å². The molecule has 154 valence electrons. The number of halogens is 6. The summed E-state index contributed by atoms with van der Waals surface area (Å²) in [6.45, 7) is 2.91. The van der Waals surface area contributed by atoms with Gasteiger partial charge in [-0.1, -0.05) is 5.16 Å². The molecule has 26 heavy (non-hydrogen) atoms. The van der Waals surface area contributed by atoms with Crippen LogP contribution in [0.2, 0.25) is 0 Å². The summed E-state index contributed by atoms with van der Waals surface area (Å²) in [6, 6.07) is 0.345. The van der Waals surface area contributed by atoms with Crippen molar-refractivity contribution in [1.29, 1.82) is 0 Å². The van der Waals surface area contributed by atoms with Crippen LogP contribution in [0.5, 0.6) is 0 Å². The predicted molar refractivity (Wildman–Crippen MR) is 79.2 cm³/mol. The third-order valence-corrected chi connectivity index (χ3v) is 2.05. The molecular formula is C11H18F6N3O5P. The van der Waals surface area contributed by atoms with E-state index < -0.39 is 31.2 Å². The maximum atomic E-state index is 11.6. The van der Waals surface area contributed by atoms with Crippen LogP contribution in [0.1, 0.15) is 13.8 Å². The number of carbonyl (C=O) groups excluding carboxylic acids is 2. The average Bonchev–Trinajstić information content (AvgIpc) is 2.25. The van der Waals surface area contributed by atoms with Crippen LogP contribution in [0.25, 0.3) is 0 Å². The van der Waals surface area contributed by atoms with E-state index in [0.29, 0.717) is 6.02 Å². The number of nitrogens with zero attached hydrogens (tertiary/aromatic N) is 3. The molecule has 1 rings (SSSR count). The first-order valence-electron chi connectivity index (χ1n) is 6.59. The molecule has 0 N–H and O–H groups in total. The van der Waals surface area contributed by atoms with Gasteiger partial charge in [0.1, 0.15) is 0 Å². The molecule has 0 radical (unpaired) electrons. The average molecular weight is 417 g/mol. The molecule has 0 atom stereocenters. The number of oxime groups is 1. The van der Waals surface area contributed by atoms with Crippen LogP contribution in [0, 0.1) is 0 Å². The SMILES string of the molecule is CN(C)C(ON=C1C(=O)OC(C)(C)OC1=O)=[N+](C)C.F[P-](F)(F)(F)(F)F. The second-order valence-electron chi connectivity index (χ2n) is 5.74. The van der Waals surface area contributed by atoms with Crippen LogP contribution in [0.3, 0.4) is 0 Å². The zero-order valence-corrected chi connectivity index (χ0v) is 15.5. The minimum atomic E-state index is -10.7. The Morgan fingerprint density at radius 3 is 1.65 bits per heavy atom. The van der Waals surface area contributed by atoms with E-state index in [1.807, 2.05) is 0 Å². The maximum absolute atomic E-state index is 11.6. The molecule has 0 aliphatic carbocycles. The van der Waals surface area contributed by atoms with Crippen molar-refractivity contribution in [3.05, 3.63) is 0 Å². The van der Waals surface area contributed by atoms with Gasteiger partial charge in [0.2, 0.25) is 0 Å². The quantitative estimate of drug-likeness (QED) is 0.124. The Morgan fingerprint density at radius 1 is 1.04 bits per heavy atom. The van der Waals surface area contributed by atoms with Crippen molar-refractivity contribution in [3.8, 4) is 0 Å². The molecule has 0 saturated carbocycles. The topological polar surface area (TPSA) is 80.4 Å². The third-order valence-electron chi connectivity index (χ3n) is 2.05. The van der Waals surface area contributed by atoms with Crippen LogP contribution in [0.4, 0.5) is 25.2 Å². The zero-order chi connectivity index (χ0) is 21.2. The molecule has 0 unspecified atom stereocenters. The standard InChI is InChI=1S/C11H18N3O5.F6P/c1-11(2)17-8(15)7(9(16)18-11)12-19-10(13(3)4)14(5)6;1-7(2,3,4,5)6/h1-6H3;/q+1;-1. The van der Waals surface area contributed by atoms with Crippen LogP contribution >= 0.6 is 7.81 Å². The van der Waals surface area contributed by atoms with E-state index in [4.69, 9.17) is 14.3 Å². The number of esters is 2. The molecule has 1 fully saturated rings. The first kappa shape index (κ1) is 23.9. The molecule has 1 aliphatic heterocycles. The molecule has 0 aromatic carbocycles. The van der Waals surface area contributed by atoms with Gasteiger partial charge in [0.25, 0.3) is 11.5 Å². The molecule has 0 aromatic heterocycles. The summed E-state index contributed by atoms with van der Waals surface area (Å²) in [6.07, 6.45) is 0. The zero-order valence-electron chi connectivity index (χ0n) is 14.6. The summed E-state index contributed by atoms with van der Waals surface area (Å²) < 4.78 is 70.6. The van der Waals surface area contributed by atoms with Gasteiger partial charge in [0.05, 0.1) is 28.2 Å². The molecule has 1 aliphatic rings. The first-order chi connectivity index (χ1) is 11.1. The fourth-order valence-corrected chi connectivity index (χ4v) is 1.37. The summed E-state index contributed by atoms with van der Waals surface area (Å²) in [5, 5.41) is 3.50. The van der Waals surface area contributed by atoms with Gasteiger partial charge in [0, 0.05) is 13.8 Å². The van der Waals surface area contributed by atoms with Crippen molar-refractivity contribution in [2.45, 2.75) is 19.6 Å². The molecule has 15 heteroatoms.